The summed E-state index contributed by atoms with van der Waals surface area (Å²) in [5, 5.41) is 8.07. The van der Waals surface area contributed by atoms with Gasteiger partial charge in [-0.15, -0.1) is 5.10 Å². The number of nitrogens with zero attached hydrogens (tertiary/aromatic N) is 4. The molecular weight excluding hydrogens is 338 g/mol. The maximum Gasteiger partial charge on any atom is 0.291 e. The van der Waals surface area contributed by atoms with Crippen LogP contribution in [0.2, 0.25) is 5.02 Å². The molecule has 1 atom stereocenters. The first-order valence-corrected chi connectivity index (χ1v) is 8.79. The standard InChI is InChI=1S/C18H26ClN5O/c1-12(2)10-15(11-23(4)5)21-18(25)17-20-13(3)24(22-17)16-8-6-14(19)7-9-16/h6-9,12,15H,10-11H2,1-5H3,(H,21,25). The number of nitrogens with one attached hydrogen (secondary N) is 1. The fraction of sp³-hybridized carbons (Fsp3) is 0.500. The molecule has 25 heavy (non-hydrogen) atoms. The molecule has 0 aliphatic rings. The third-order valence-electron chi connectivity index (χ3n) is 3.72. The lowest BCUT2D eigenvalue weighted by molar-refractivity contribution is 0.0914. The third kappa shape index (κ3) is 5.54. The SMILES string of the molecule is Cc1nc(C(=O)NC(CC(C)C)CN(C)C)nn1-c1ccc(Cl)cc1. The van der Waals surface area contributed by atoms with Crippen LogP contribution in [-0.4, -0.2) is 52.3 Å². The van der Waals surface area contributed by atoms with Gasteiger partial charge < -0.3 is 10.2 Å². The maximum atomic E-state index is 12.6. The highest BCUT2D eigenvalue weighted by atomic mass is 35.5. The number of aryl methyl sites for hydroxylation is 1. The normalized spacial score (nSPS) is 12.6. The van der Waals surface area contributed by atoms with Crippen molar-refractivity contribution in [2.45, 2.75) is 33.2 Å². The van der Waals surface area contributed by atoms with Gasteiger partial charge in [0.15, 0.2) is 0 Å². The number of carbonyl (C=O) groups excluding carboxylic acids is 1. The highest BCUT2D eigenvalue weighted by molar-refractivity contribution is 6.30. The van der Waals surface area contributed by atoms with E-state index in [1.807, 2.05) is 33.2 Å². The molecule has 0 saturated heterocycles. The maximum absolute atomic E-state index is 12.6. The highest BCUT2D eigenvalue weighted by Gasteiger charge is 2.20. The van der Waals surface area contributed by atoms with Crippen molar-refractivity contribution in [1.82, 2.24) is 25.0 Å². The van der Waals surface area contributed by atoms with Crippen molar-refractivity contribution in [3.8, 4) is 5.69 Å². The van der Waals surface area contributed by atoms with Gasteiger partial charge in [0, 0.05) is 17.6 Å². The molecule has 7 heteroatoms. The lowest BCUT2D eigenvalue weighted by Crippen LogP contribution is -2.42. The van der Waals surface area contributed by atoms with E-state index in [4.69, 9.17) is 11.6 Å². The molecule has 2 aromatic rings. The third-order valence-corrected chi connectivity index (χ3v) is 3.97. The minimum absolute atomic E-state index is 0.0605. The Balaban J connectivity index is 2.16. The van der Waals surface area contributed by atoms with E-state index in [0.29, 0.717) is 16.8 Å². The summed E-state index contributed by atoms with van der Waals surface area (Å²) in [6, 6.07) is 7.32. The van der Waals surface area contributed by atoms with Crippen LogP contribution < -0.4 is 5.32 Å². The monoisotopic (exact) mass is 363 g/mol. The lowest BCUT2D eigenvalue weighted by Gasteiger charge is -2.23. The number of halogens is 1. The van der Waals surface area contributed by atoms with E-state index in [0.717, 1.165) is 18.7 Å². The fourth-order valence-electron chi connectivity index (χ4n) is 2.75. The Morgan fingerprint density at radius 3 is 2.48 bits per heavy atom. The van der Waals surface area contributed by atoms with Crippen LogP contribution in [0.4, 0.5) is 0 Å². The van der Waals surface area contributed by atoms with Crippen molar-refractivity contribution in [1.29, 1.82) is 0 Å². The Kier molecular flexibility index (Phi) is 6.56. The topological polar surface area (TPSA) is 63.1 Å². The zero-order valence-electron chi connectivity index (χ0n) is 15.5. The predicted octanol–water partition coefficient (Wildman–Crippen LogP) is 2.94. The van der Waals surface area contributed by atoms with Crippen LogP contribution in [0.15, 0.2) is 24.3 Å². The second-order valence-corrected chi connectivity index (χ2v) is 7.37. The van der Waals surface area contributed by atoms with Crippen LogP contribution in [0.1, 0.15) is 36.7 Å². The summed E-state index contributed by atoms with van der Waals surface area (Å²) in [6.45, 7) is 6.89. The van der Waals surface area contributed by atoms with Crippen molar-refractivity contribution in [2.75, 3.05) is 20.6 Å². The first kappa shape index (κ1) is 19.4. The fourth-order valence-corrected chi connectivity index (χ4v) is 2.88. The number of hydrogen-bond donors (Lipinski definition) is 1. The Labute approximate surface area is 154 Å². The van der Waals surface area contributed by atoms with E-state index < -0.39 is 0 Å². The van der Waals surface area contributed by atoms with Crippen LogP contribution in [0.3, 0.4) is 0 Å². The van der Waals surface area contributed by atoms with Gasteiger partial charge in [0.25, 0.3) is 5.91 Å². The van der Waals surface area contributed by atoms with Crippen LogP contribution >= 0.6 is 11.6 Å². The van der Waals surface area contributed by atoms with Gasteiger partial charge in [-0.25, -0.2) is 9.67 Å². The molecule has 1 N–H and O–H groups in total. The molecule has 0 aliphatic carbocycles. The minimum Gasteiger partial charge on any atom is -0.345 e. The molecule has 0 radical (unpaired) electrons. The molecule has 1 unspecified atom stereocenters. The van der Waals surface area contributed by atoms with Gasteiger partial charge in [-0.05, 0) is 57.6 Å². The molecule has 0 fully saturated rings. The molecule has 1 aromatic heterocycles. The summed E-state index contributed by atoms with van der Waals surface area (Å²) < 4.78 is 1.65. The molecule has 0 spiro atoms. The van der Waals surface area contributed by atoms with Crippen LogP contribution in [0.25, 0.3) is 5.69 Å². The van der Waals surface area contributed by atoms with E-state index in [2.05, 4.69) is 34.1 Å². The van der Waals surface area contributed by atoms with Crippen molar-refractivity contribution in [2.24, 2.45) is 5.92 Å². The molecule has 1 aromatic carbocycles. The van der Waals surface area contributed by atoms with Crippen LogP contribution in [-0.2, 0) is 0 Å². The average Bonchev–Trinajstić information content (AvgIpc) is 2.88. The smallest absolute Gasteiger partial charge is 0.291 e. The predicted molar refractivity (Wildman–Crippen MR) is 100 cm³/mol. The molecule has 0 bridgehead atoms. The lowest BCUT2D eigenvalue weighted by atomic mass is 10.0. The van der Waals surface area contributed by atoms with Gasteiger partial charge in [0.2, 0.25) is 5.82 Å². The van der Waals surface area contributed by atoms with Crippen molar-refractivity contribution in [3.63, 3.8) is 0 Å². The van der Waals surface area contributed by atoms with E-state index >= 15 is 0 Å². The first-order chi connectivity index (χ1) is 11.8. The molecule has 6 nitrogen and oxygen atoms in total. The summed E-state index contributed by atoms with van der Waals surface area (Å²) in [5.41, 5.74) is 0.820. The largest absolute Gasteiger partial charge is 0.345 e. The molecule has 1 amide bonds. The summed E-state index contributed by atoms with van der Waals surface area (Å²) >= 11 is 5.92. The van der Waals surface area contributed by atoms with Gasteiger partial charge in [-0.2, -0.15) is 0 Å². The molecule has 1 heterocycles. The van der Waals surface area contributed by atoms with Gasteiger partial charge in [-0.3, -0.25) is 4.79 Å². The van der Waals surface area contributed by atoms with Gasteiger partial charge in [0.05, 0.1) is 5.69 Å². The van der Waals surface area contributed by atoms with E-state index in [1.165, 1.54) is 0 Å². The number of benzene rings is 1. The van der Waals surface area contributed by atoms with Crippen molar-refractivity contribution < 1.29 is 4.79 Å². The Bertz CT molecular complexity index is 699. The number of carbonyl (C=O) groups is 1. The van der Waals surface area contributed by atoms with Gasteiger partial charge >= 0.3 is 0 Å². The first-order valence-electron chi connectivity index (χ1n) is 8.41. The van der Waals surface area contributed by atoms with Crippen LogP contribution in [0.5, 0.6) is 0 Å². The van der Waals surface area contributed by atoms with E-state index in [-0.39, 0.29) is 17.8 Å². The van der Waals surface area contributed by atoms with Crippen LogP contribution in [0, 0.1) is 12.8 Å². The molecule has 0 saturated carbocycles. The summed E-state index contributed by atoms with van der Waals surface area (Å²) in [5.74, 6) is 1.08. The Morgan fingerprint density at radius 1 is 1.28 bits per heavy atom. The number of amides is 1. The Hall–Kier alpha value is -1.92. The van der Waals surface area contributed by atoms with E-state index in [1.54, 1.807) is 16.8 Å². The molecule has 136 valence electrons. The van der Waals surface area contributed by atoms with E-state index in [9.17, 15) is 4.79 Å². The highest BCUT2D eigenvalue weighted by Crippen LogP contribution is 2.14. The zero-order chi connectivity index (χ0) is 18.6. The summed E-state index contributed by atoms with van der Waals surface area (Å²) in [4.78, 5) is 19.0. The number of likely N-dealkylation sites (N-methyl/N-ethyl adjacent to an activating group) is 1. The number of aromatic nitrogens is 3. The van der Waals surface area contributed by atoms with Crippen molar-refractivity contribution in [3.05, 3.63) is 40.9 Å². The van der Waals surface area contributed by atoms with Crippen molar-refractivity contribution >= 4 is 17.5 Å². The zero-order valence-corrected chi connectivity index (χ0v) is 16.2. The quantitative estimate of drug-likeness (QED) is 0.821. The number of hydrogen-bond acceptors (Lipinski definition) is 4. The molecular formula is C18H26ClN5O. The minimum atomic E-state index is -0.247. The second-order valence-electron chi connectivity index (χ2n) is 6.93. The molecule has 2 rings (SSSR count). The summed E-state index contributed by atoms with van der Waals surface area (Å²) in [7, 11) is 3.99. The second kappa shape index (κ2) is 8.45. The molecule has 0 aliphatic heterocycles. The van der Waals surface area contributed by atoms with Gasteiger partial charge in [-0.1, -0.05) is 25.4 Å². The Morgan fingerprint density at radius 2 is 1.92 bits per heavy atom. The van der Waals surface area contributed by atoms with Gasteiger partial charge in [0.1, 0.15) is 5.82 Å². The average molecular weight is 364 g/mol. The summed E-state index contributed by atoms with van der Waals surface area (Å²) in [6.07, 6.45) is 0.904. The number of rotatable bonds is 7.